The molecule has 1 heterocycles. The molecule has 1 N–H and O–H groups in total. The van der Waals surface area contributed by atoms with Crippen molar-refractivity contribution in [2.75, 3.05) is 25.2 Å². The molecule has 1 saturated heterocycles. The molecule has 1 aromatic carbocycles. The highest BCUT2D eigenvalue weighted by atomic mass is 32.2. The van der Waals surface area contributed by atoms with Gasteiger partial charge in [-0.2, -0.15) is 11.8 Å². The van der Waals surface area contributed by atoms with Crippen LogP contribution in [0.15, 0.2) is 29.2 Å². The Morgan fingerprint density at radius 1 is 1.36 bits per heavy atom. The number of carbonyl (C=O) groups is 1. The fraction of sp³-hybridized carbons (Fsp3) is 0.533. The zero-order chi connectivity index (χ0) is 16.2. The topological polar surface area (TPSA) is 72.5 Å². The largest absolute Gasteiger partial charge is 0.377 e. The van der Waals surface area contributed by atoms with Crippen LogP contribution >= 0.6 is 11.8 Å². The zero-order valence-corrected chi connectivity index (χ0v) is 14.4. The lowest BCUT2D eigenvalue weighted by Crippen LogP contribution is -2.46. The fourth-order valence-corrected chi connectivity index (χ4v) is 4.78. The van der Waals surface area contributed by atoms with E-state index in [9.17, 15) is 13.2 Å². The fourth-order valence-electron chi connectivity index (χ4n) is 2.39. The first kappa shape index (κ1) is 17.5. The van der Waals surface area contributed by atoms with Gasteiger partial charge in [0.25, 0.3) is 0 Å². The van der Waals surface area contributed by atoms with Gasteiger partial charge in [0.1, 0.15) is 0 Å². The number of sulfonamides is 1. The minimum atomic E-state index is -3.65. The molecule has 1 aliphatic rings. The Morgan fingerprint density at radius 2 is 2.05 bits per heavy atom. The number of rotatable bonds is 6. The maximum Gasteiger partial charge on any atom is 0.240 e. The minimum absolute atomic E-state index is 0.108. The third-order valence-electron chi connectivity index (χ3n) is 3.97. The Hall–Kier alpha value is -0.890. The SMILES string of the molecule is COC1(CNS(=O)(=O)c2cccc(C(C)=O)c2)CCSCC1. The summed E-state index contributed by atoms with van der Waals surface area (Å²) in [5, 5.41) is 0. The standard InChI is InChI=1S/C15H21NO4S2/c1-12(17)13-4-3-5-14(10-13)22(18,19)16-11-15(20-2)6-8-21-9-7-15/h3-5,10,16H,6-9,11H2,1-2H3. The third kappa shape index (κ3) is 4.10. The maximum absolute atomic E-state index is 12.4. The number of methoxy groups -OCH3 is 1. The Bertz CT molecular complexity index is 637. The summed E-state index contributed by atoms with van der Waals surface area (Å²) in [6.07, 6.45) is 1.65. The highest BCUT2D eigenvalue weighted by molar-refractivity contribution is 7.99. The number of hydrogen-bond donors (Lipinski definition) is 1. The van der Waals surface area contributed by atoms with E-state index in [2.05, 4.69) is 4.72 Å². The van der Waals surface area contributed by atoms with E-state index in [0.29, 0.717) is 5.56 Å². The van der Waals surface area contributed by atoms with Crippen molar-refractivity contribution in [1.82, 2.24) is 4.72 Å². The number of Topliss-reactive ketones (excluding diaryl/α,β-unsaturated/α-hetero) is 1. The predicted molar refractivity (Wildman–Crippen MR) is 87.9 cm³/mol. The summed E-state index contributed by atoms with van der Waals surface area (Å²) in [4.78, 5) is 11.5. The molecule has 0 spiro atoms. The average Bonchev–Trinajstić information content (AvgIpc) is 2.54. The van der Waals surface area contributed by atoms with Crippen molar-refractivity contribution in [2.24, 2.45) is 0 Å². The second-order valence-electron chi connectivity index (χ2n) is 5.41. The minimum Gasteiger partial charge on any atom is -0.377 e. The molecule has 1 aromatic rings. The van der Waals surface area contributed by atoms with Gasteiger partial charge >= 0.3 is 0 Å². The highest BCUT2D eigenvalue weighted by Crippen LogP contribution is 2.29. The van der Waals surface area contributed by atoms with Crippen molar-refractivity contribution >= 4 is 27.6 Å². The lowest BCUT2D eigenvalue weighted by Gasteiger charge is -2.35. The smallest absolute Gasteiger partial charge is 0.240 e. The maximum atomic E-state index is 12.4. The van der Waals surface area contributed by atoms with Gasteiger partial charge in [0.05, 0.1) is 10.5 Å². The number of nitrogens with one attached hydrogen (secondary N) is 1. The van der Waals surface area contributed by atoms with Crippen LogP contribution < -0.4 is 4.72 Å². The van der Waals surface area contributed by atoms with Gasteiger partial charge in [0.15, 0.2) is 5.78 Å². The van der Waals surface area contributed by atoms with Crippen LogP contribution in [0.1, 0.15) is 30.1 Å². The molecule has 2 rings (SSSR count). The molecule has 0 aromatic heterocycles. The van der Waals surface area contributed by atoms with Gasteiger partial charge in [0, 0.05) is 19.2 Å². The Morgan fingerprint density at radius 3 is 2.64 bits per heavy atom. The van der Waals surface area contributed by atoms with E-state index in [0.717, 1.165) is 24.3 Å². The molecule has 1 aliphatic heterocycles. The van der Waals surface area contributed by atoms with Crippen LogP contribution in [0.5, 0.6) is 0 Å². The monoisotopic (exact) mass is 343 g/mol. The molecule has 0 saturated carbocycles. The summed E-state index contributed by atoms with van der Waals surface area (Å²) in [5.41, 5.74) is -0.0466. The first-order chi connectivity index (χ1) is 10.4. The zero-order valence-electron chi connectivity index (χ0n) is 12.8. The molecule has 0 aliphatic carbocycles. The molecule has 122 valence electrons. The number of ether oxygens (including phenoxy) is 1. The van der Waals surface area contributed by atoms with Crippen molar-refractivity contribution < 1.29 is 17.9 Å². The molecular formula is C15H21NO4S2. The summed E-state index contributed by atoms with van der Waals surface area (Å²) >= 11 is 1.85. The lowest BCUT2D eigenvalue weighted by molar-refractivity contribution is -0.0119. The summed E-state index contributed by atoms with van der Waals surface area (Å²) in [6.45, 7) is 1.66. The van der Waals surface area contributed by atoms with Crippen LogP contribution in [0, 0.1) is 0 Å². The predicted octanol–water partition coefficient (Wildman–Crippen LogP) is 2.08. The summed E-state index contributed by atoms with van der Waals surface area (Å²) in [7, 11) is -2.03. The average molecular weight is 343 g/mol. The number of thioether (sulfide) groups is 1. The van der Waals surface area contributed by atoms with E-state index in [4.69, 9.17) is 4.74 Å². The van der Waals surface area contributed by atoms with E-state index >= 15 is 0 Å². The van der Waals surface area contributed by atoms with E-state index in [-0.39, 0.29) is 17.2 Å². The molecule has 0 unspecified atom stereocenters. The highest BCUT2D eigenvalue weighted by Gasteiger charge is 2.33. The van der Waals surface area contributed by atoms with E-state index in [1.54, 1.807) is 19.2 Å². The first-order valence-corrected chi connectivity index (χ1v) is 9.76. The van der Waals surface area contributed by atoms with E-state index in [1.165, 1.54) is 19.1 Å². The molecule has 0 amide bonds. The summed E-state index contributed by atoms with van der Waals surface area (Å²) in [6, 6.07) is 6.08. The molecule has 5 nitrogen and oxygen atoms in total. The molecule has 22 heavy (non-hydrogen) atoms. The van der Waals surface area contributed by atoms with Gasteiger partial charge in [-0.3, -0.25) is 4.79 Å². The van der Waals surface area contributed by atoms with Gasteiger partial charge < -0.3 is 4.74 Å². The Labute approximate surface area is 135 Å². The molecule has 0 atom stereocenters. The second kappa shape index (κ2) is 7.12. The number of hydrogen-bond acceptors (Lipinski definition) is 5. The number of benzene rings is 1. The van der Waals surface area contributed by atoms with Crippen molar-refractivity contribution in [3.63, 3.8) is 0 Å². The first-order valence-electron chi connectivity index (χ1n) is 7.12. The van der Waals surface area contributed by atoms with Crippen LogP contribution in [0.3, 0.4) is 0 Å². The van der Waals surface area contributed by atoms with E-state index < -0.39 is 15.6 Å². The quantitative estimate of drug-likeness (QED) is 0.801. The molecule has 7 heteroatoms. The van der Waals surface area contributed by atoms with E-state index in [1.807, 2.05) is 11.8 Å². The van der Waals surface area contributed by atoms with Crippen LogP contribution in [0.25, 0.3) is 0 Å². The van der Waals surface area contributed by atoms with Gasteiger partial charge in [-0.1, -0.05) is 12.1 Å². The number of ketones is 1. The van der Waals surface area contributed by atoms with Crippen molar-refractivity contribution in [3.05, 3.63) is 29.8 Å². The summed E-state index contributed by atoms with van der Waals surface area (Å²) < 4.78 is 33.1. The van der Waals surface area contributed by atoms with Crippen LogP contribution in [0.2, 0.25) is 0 Å². The van der Waals surface area contributed by atoms with Crippen molar-refractivity contribution in [3.8, 4) is 0 Å². The van der Waals surface area contributed by atoms with Crippen LogP contribution in [0.4, 0.5) is 0 Å². The Balaban J connectivity index is 2.14. The lowest BCUT2D eigenvalue weighted by atomic mass is 9.97. The van der Waals surface area contributed by atoms with Crippen molar-refractivity contribution in [1.29, 1.82) is 0 Å². The van der Waals surface area contributed by atoms with Gasteiger partial charge in [0.2, 0.25) is 10.0 Å². The number of carbonyl (C=O) groups excluding carboxylic acids is 1. The van der Waals surface area contributed by atoms with Crippen LogP contribution in [-0.4, -0.2) is 45.0 Å². The van der Waals surface area contributed by atoms with Gasteiger partial charge in [-0.15, -0.1) is 0 Å². The van der Waals surface area contributed by atoms with Crippen LogP contribution in [-0.2, 0) is 14.8 Å². The van der Waals surface area contributed by atoms with Gasteiger partial charge in [-0.05, 0) is 43.4 Å². The Kier molecular flexibility index (Phi) is 5.65. The van der Waals surface area contributed by atoms with Gasteiger partial charge in [-0.25, -0.2) is 13.1 Å². The molecule has 0 radical (unpaired) electrons. The van der Waals surface area contributed by atoms with Crippen molar-refractivity contribution in [2.45, 2.75) is 30.3 Å². The molecule has 1 fully saturated rings. The summed E-state index contributed by atoms with van der Waals surface area (Å²) in [5.74, 6) is 1.78. The second-order valence-corrected chi connectivity index (χ2v) is 8.40. The third-order valence-corrected chi connectivity index (χ3v) is 6.36. The molecular weight excluding hydrogens is 322 g/mol. The molecule has 0 bridgehead atoms. The normalized spacial score (nSPS) is 18.1.